The van der Waals surface area contributed by atoms with Crippen molar-refractivity contribution in [2.45, 2.75) is 281 Å². The minimum Gasteiger partial charge on any atom is -0.481 e. The minimum atomic E-state index is -1.99. The lowest BCUT2D eigenvalue weighted by Crippen LogP contribution is -2.70. The quantitative estimate of drug-likeness (QED) is 0.0395. The number of aliphatic hydroxyl groups excluding tert-OH is 12. The van der Waals surface area contributed by atoms with Gasteiger partial charge in [0.15, 0.2) is 31.1 Å². The smallest absolute Gasteiger partial charge is 0.315 e. The highest BCUT2D eigenvalue weighted by atomic mass is 16.8. The molecule has 4 aliphatic heterocycles. The topological polar surface area (TPSA) is 424 Å². The van der Waals surface area contributed by atoms with E-state index in [1.54, 1.807) is 0 Å². The van der Waals surface area contributed by atoms with Crippen LogP contribution in [0.25, 0.3) is 0 Å². The van der Waals surface area contributed by atoms with Gasteiger partial charge in [-0.3, -0.25) is 19.2 Å². The summed E-state index contributed by atoms with van der Waals surface area (Å²) in [4.78, 5) is 55.4. The van der Waals surface area contributed by atoms with Crippen molar-refractivity contribution in [2.24, 2.45) is 50.2 Å². The average Bonchev–Trinajstić information content (AvgIpc) is 0.686. The molecule has 0 radical (unpaired) electrons. The Kier molecular flexibility index (Phi) is 20.2. The molecule has 31 atom stereocenters. The van der Waals surface area contributed by atoms with E-state index in [9.17, 15) is 80.8 Å². The lowest BCUT2D eigenvalue weighted by Gasteiger charge is -2.71. The highest BCUT2D eigenvalue weighted by molar-refractivity contribution is 5.79. The van der Waals surface area contributed by atoms with Crippen LogP contribution in [0.5, 0.6) is 0 Å². The zero-order valence-corrected chi connectivity index (χ0v) is 51.8. The number of carbonyl (C=O) groups excluding carboxylic acids is 3. The molecule has 0 amide bonds. The van der Waals surface area contributed by atoms with Crippen molar-refractivity contribution in [3.05, 3.63) is 11.6 Å². The van der Waals surface area contributed by atoms with Gasteiger partial charge < -0.3 is 114 Å². The van der Waals surface area contributed by atoms with Gasteiger partial charge in [0, 0.05) is 0 Å². The normalized spacial score (nSPS) is 49.9. The number of carboxylic acids is 1. The maximum absolute atomic E-state index is 15.7. The summed E-state index contributed by atoms with van der Waals surface area (Å²) < 4.78 is 59.3. The van der Waals surface area contributed by atoms with Gasteiger partial charge in [-0.2, -0.15) is 0 Å². The number of hydrogen-bond acceptors (Lipinski definition) is 26. The Bertz CT molecular complexity index is 2550. The third kappa shape index (κ3) is 12.1. The number of fused-ring (bicyclic) bond motifs is 7. The van der Waals surface area contributed by atoms with E-state index in [1.165, 1.54) is 34.6 Å². The first-order valence-electron chi connectivity index (χ1n) is 31.2. The summed E-state index contributed by atoms with van der Waals surface area (Å²) in [6.07, 6.45) is -31.1. The standard InChI is InChI=1S/C61H96O27/c1-25(63)19-36(66)80-26(2)20-37(67)84-47-28(4)82-53(48(45(47)75)86-51-44(74)41(71)46(27(3)81-51)85-50-42(72)38(68)32(65)24-79-50)88-55(78)61-17-15-56(5,6)21-30(61)29-11-12-34-57(7)22-31(64)49(87-52-43(73)40(70)39(69)33(23-62)83-52)60(10,54(76)77)35(57)13-14-59(34,9)58(29,8)16-18-61/h11,25-28,30-35,38-53,62-65,68-75H,12-24H2,1-10H3,(H,76,77)/t25?,26?,27-,28+,30-,31-,32+,33+,34+,35+,38-,39+,40-,41-,42+,43+,44+,45-,46-,47-,48+,49-,50-,51-,52-,53-,57+,58+,59+,60-,61-/m0/s1. The highest BCUT2D eigenvalue weighted by Gasteiger charge is 2.73. The second-order valence-electron chi connectivity index (χ2n) is 28.7. The van der Waals surface area contributed by atoms with Gasteiger partial charge in [-0.15, -0.1) is 0 Å². The fourth-order valence-electron chi connectivity index (χ4n) is 17.4. The maximum atomic E-state index is 15.7. The van der Waals surface area contributed by atoms with Gasteiger partial charge in [-0.1, -0.05) is 46.3 Å². The summed E-state index contributed by atoms with van der Waals surface area (Å²) in [6.45, 7) is 16.8. The summed E-state index contributed by atoms with van der Waals surface area (Å²) in [6, 6.07) is 0. The molecular weight excluding hydrogens is 1160 g/mol. The minimum absolute atomic E-state index is 0.0919. The summed E-state index contributed by atoms with van der Waals surface area (Å²) >= 11 is 0. The molecule has 27 nitrogen and oxygen atoms in total. The molecule has 4 heterocycles. The fraction of sp³-hybridized carbons (Fsp3) is 0.902. The molecule has 4 saturated heterocycles. The number of carboxylic acid groups (broad SMARTS) is 1. The number of esters is 3. The third-order valence-corrected chi connectivity index (χ3v) is 22.5. The van der Waals surface area contributed by atoms with E-state index < -0.39 is 224 Å². The Morgan fingerprint density at radius 2 is 1.24 bits per heavy atom. The van der Waals surface area contributed by atoms with Gasteiger partial charge in [-0.05, 0) is 132 Å². The molecule has 13 N–H and O–H groups in total. The second-order valence-corrected chi connectivity index (χ2v) is 28.7. The molecule has 8 fully saturated rings. The molecule has 0 spiro atoms. The summed E-state index contributed by atoms with van der Waals surface area (Å²) in [5, 5.41) is 142. The van der Waals surface area contributed by atoms with Gasteiger partial charge in [0.2, 0.25) is 6.29 Å². The summed E-state index contributed by atoms with van der Waals surface area (Å²) in [5.74, 6) is -4.88. The Morgan fingerprint density at radius 1 is 0.625 bits per heavy atom. The summed E-state index contributed by atoms with van der Waals surface area (Å²) in [7, 11) is 0. The van der Waals surface area contributed by atoms with Crippen LogP contribution in [-0.2, 0) is 66.5 Å². The van der Waals surface area contributed by atoms with Crippen LogP contribution in [0.4, 0.5) is 0 Å². The fourth-order valence-corrected chi connectivity index (χ4v) is 17.4. The third-order valence-electron chi connectivity index (χ3n) is 22.5. The Hall–Kier alpha value is -3.14. The van der Waals surface area contributed by atoms with E-state index in [-0.39, 0.29) is 24.2 Å². The van der Waals surface area contributed by atoms with Crippen LogP contribution in [0.15, 0.2) is 11.6 Å². The number of aliphatic carboxylic acids is 1. The van der Waals surface area contributed by atoms with Crippen molar-refractivity contribution in [2.75, 3.05) is 13.2 Å². The van der Waals surface area contributed by atoms with Crippen molar-refractivity contribution >= 4 is 23.9 Å². The lowest BCUT2D eigenvalue weighted by molar-refractivity contribution is -0.373. The largest absolute Gasteiger partial charge is 0.481 e. The molecule has 9 rings (SSSR count). The van der Waals surface area contributed by atoms with Crippen molar-refractivity contribution in [1.82, 2.24) is 0 Å². The van der Waals surface area contributed by atoms with Crippen LogP contribution < -0.4 is 0 Å². The number of ether oxygens (including phenoxy) is 10. The Morgan fingerprint density at radius 3 is 1.90 bits per heavy atom. The molecule has 4 saturated carbocycles. The Balaban J connectivity index is 0.988. The number of rotatable bonds is 16. The molecule has 27 heteroatoms. The first kappa shape index (κ1) is 69.2. The molecule has 0 bridgehead atoms. The predicted octanol–water partition coefficient (Wildman–Crippen LogP) is -0.662. The van der Waals surface area contributed by atoms with Gasteiger partial charge in [0.05, 0.1) is 61.3 Å². The maximum Gasteiger partial charge on any atom is 0.315 e. The number of aliphatic hydroxyl groups is 12. The van der Waals surface area contributed by atoms with E-state index in [4.69, 9.17) is 47.4 Å². The molecule has 0 aromatic carbocycles. The van der Waals surface area contributed by atoms with E-state index in [0.717, 1.165) is 5.57 Å². The SMILES string of the molecule is CC(O)CC(=O)OC(C)CC(=O)O[C@@H]1[C@H](O)[C@@H](O[C@@H]2O[C@@H](C)[C@H](O[C@@H]3OC[C@@H](O)[C@H](O)[C@H]3O)[C@@H](O)[C@H]2O)[C@H](OC(=O)[C@]23CCC(C)(C)C[C@H]2C2=CC[C@@H]4[C@@]5(C)C[C@H](O)[C@H](O[C@@H]6O[C@H](CO)[C@@H](O)[C@H](O)[C@H]6O)[C@@](C)(C(=O)O)[C@@H]5CC[C@@]4(C)[C@]2(C)CC3)O[C@@H]1C. The second kappa shape index (κ2) is 25.6. The zero-order chi connectivity index (χ0) is 64.9. The average molecular weight is 1260 g/mol. The monoisotopic (exact) mass is 1260 g/mol. The molecule has 2 unspecified atom stereocenters. The van der Waals surface area contributed by atoms with E-state index in [2.05, 4.69) is 33.8 Å². The Labute approximate surface area is 511 Å². The first-order valence-corrected chi connectivity index (χ1v) is 31.2. The highest BCUT2D eigenvalue weighted by Crippen LogP contribution is 2.76. The first-order chi connectivity index (χ1) is 41.0. The van der Waals surface area contributed by atoms with Gasteiger partial charge >= 0.3 is 23.9 Å². The van der Waals surface area contributed by atoms with E-state index in [0.29, 0.717) is 51.4 Å². The van der Waals surface area contributed by atoms with Crippen LogP contribution in [0.3, 0.4) is 0 Å². The van der Waals surface area contributed by atoms with Crippen molar-refractivity contribution < 1.29 is 133 Å². The van der Waals surface area contributed by atoms with Crippen LogP contribution >= 0.6 is 0 Å². The molecule has 88 heavy (non-hydrogen) atoms. The van der Waals surface area contributed by atoms with Crippen LogP contribution in [-0.4, -0.2) is 245 Å². The van der Waals surface area contributed by atoms with Crippen molar-refractivity contribution in [3.8, 4) is 0 Å². The molecule has 9 aliphatic rings. The van der Waals surface area contributed by atoms with E-state index in [1.807, 2.05) is 6.92 Å². The predicted molar refractivity (Wildman–Crippen MR) is 298 cm³/mol. The van der Waals surface area contributed by atoms with Crippen LogP contribution in [0.2, 0.25) is 0 Å². The van der Waals surface area contributed by atoms with Crippen molar-refractivity contribution in [1.29, 1.82) is 0 Å². The number of allylic oxidation sites excluding steroid dienone is 2. The summed E-state index contributed by atoms with van der Waals surface area (Å²) in [5.41, 5.74) is -4.18. The van der Waals surface area contributed by atoms with Crippen LogP contribution in [0.1, 0.15) is 140 Å². The zero-order valence-electron chi connectivity index (χ0n) is 51.8. The van der Waals surface area contributed by atoms with Crippen LogP contribution in [0, 0.1) is 50.2 Å². The van der Waals surface area contributed by atoms with Crippen molar-refractivity contribution in [3.63, 3.8) is 0 Å². The molecule has 0 aromatic rings. The molecule has 5 aliphatic carbocycles. The molecular formula is C61H96O27. The lowest BCUT2D eigenvalue weighted by atomic mass is 9.33. The van der Waals surface area contributed by atoms with Gasteiger partial charge in [0.1, 0.15) is 79.4 Å². The van der Waals surface area contributed by atoms with Gasteiger partial charge in [0.25, 0.3) is 0 Å². The number of hydrogen-bond donors (Lipinski definition) is 13. The molecule has 0 aromatic heterocycles. The number of carbonyl (C=O) groups is 4. The molecule has 502 valence electrons. The van der Waals surface area contributed by atoms with Gasteiger partial charge in [-0.25, -0.2) is 0 Å². The van der Waals surface area contributed by atoms with E-state index >= 15 is 4.79 Å².